The number of ketones is 1. The van der Waals surface area contributed by atoms with Crippen molar-refractivity contribution in [2.24, 2.45) is 22.7 Å². The summed E-state index contributed by atoms with van der Waals surface area (Å²) in [5, 5.41) is 0. The Morgan fingerprint density at radius 1 is 1.33 bits per heavy atom. The predicted molar refractivity (Wildman–Crippen MR) is 72.2 cm³/mol. The van der Waals surface area contributed by atoms with Crippen LogP contribution in [0.15, 0.2) is 12.2 Å². The Kier molecular flexibility index (Phi) is 3.25. The van der Waals surface area contributed by atoms with Gasteiger partial charge in [-0.15, -0.1) is 0 Å². The summed E-state index contributed by atoms with van der Waals surface area (Å²) in [6.45, 7) is 10.8. The molecule has 2 fully saturated rings. The zero-order valence-corrected chi connectivity index (χ0v) is 11.8. The molecule has 0 aromatic heterocycles. The number of allylic oxidation sites excluding steroid dienone is 1. The maximum absolute atomic E-state index is 12.1. The number of hydrogen-bond donors (Lipinski definition) is 0. The molecule has 0 amide bonds. The molecule has 2 heteroatoms. The van der Waals surface area contributed by atoms with Gasteiger partial charge < -0.3 is 4.79 Å². The third-order valence-electron chi connectivity index (χ3n) is 5.57. The minimum atomic E-state index is 0.0563. The summed E-state index contributed by atoms with van der Waals surface area (Å²) in [5.74, 6) is 0.627. The number of carbonyl (C=O) groups excluding carboxylic acids is 2. The van der Waals surface area contributed by atoms with E-state index in [0.29, 0.717) is 24.3 Å². The van der Waals surface area contributed by atoms with E-state index in [-0.39, 0.29) is 22.5 Å². The van der Waals surface area contributed by atoms with E-state index in [4.69, 9.17) is 0 Å². The first-order valence-corrected chi connectivity index (χ1v) is 6.98. The lowest BCUT2D eigenvalue weighted by Gasteiger charge is -2.57. The lowest BCUT2D eigenvalue weighted by Crippen LogP contribution is -2.51. The highest BCUT2D eigenvalue weighted by atomic mass is 16.1. The van der Waals surface area contributed by atoms with Gasteiger partial charge in [-0.05, 0) is 41.1 Å². The summed E-state index contributed by atoms with van der Waals surface area (Å²) in [6, 6.07) is 0. The molecule has 1 unspecified atom stereocenters. The van der Waals surface area contributed by atoms with Crippen molar-refractivity contribution in [3.8, 4) is 0 Å². The molecule has 0 spiro atoms. The normalized spacial score (nSPS) is 39.3. The molecule has 2 saturated carbocycles. The zero-order chi connectivity index (χ0) is 13.6. The fourth-order valence-electron chi connectivity index (χ4n) is 4.51. The van der Waals surface area contributed by atoms with E-state index < -0.39 is 0 Å². The fraction of sp³-hybridized carbons (Fsp3) is 0.750. The molecular weight excluding hydrogens is 224 g/mol. The van der Waals surface area contributed by atoms with E-state index in [2.05, 4.69) is 27.4 Å². The molecule has 0 aromatic rings. The van der Waals surface area contributed by atoms with Crippen LogP contribution >= 0.6 is 0 Å². The lowest BCUT2D eigenvalue weighted by atomic mass is 9.47. The van der Waals surface area contributed by atoms with Gasteiger partial charge in [0.15, 0.2) is 5.78 Å². The third-order valence-corrected chi connectivity index (χ3v) is 5.57. The Morgan fingerprint density at radius 2 is 2.00 bits per heavy atom. The lowest BCUT2D eigenvalue weighted by molar-refractivity contribution is -0.131. The molecule has 100 valence electrons. The summed E-state index contributed by atoms with van der Waals surface area (Å²) in [7, 11) is 0. The molecule has 0 radical (unpaired) electrons. The van der Waals surface area contributed by atoms with Crippen LogP contribution in [0.3, 0.4) is 0 Å². The summed E-state index contributed by atoms with van der Waals surface area (Å²) < 4.78 is 0. The maximum Gasteiger partial charge on any atom is 0.158 e. The van der Waals surface area contributed by atoms with Crippen molar-refractivity contribution in [3.05, 3.63) is 12.2 Å². The van der Waals surface area contributed by atoms with Crippen molar-refractivity contribution >= 4 is 12.1 Å². The van der Waals surface area contributed by atoms with Crippen molar-refractivity contribution in [2.45, 2.75) is 52.9 Å². The Hall–Kier alpha value is -0.920. The smallest absolute Gasteiger partial charge is 0.158 e. The van der Waals surface area contributed by atoms with Crippen molar-refractivity contribution < 1.29 is 9.59 Å². The Morgan fingerprint density at radius 3 is 2.61 bits per heavy atom. The van der Waals surface area contributed by atoms with Crippen LogP contribution in [0.1, 0.15) is 52.9 Å². The summed E-state index contributed by atoms with van der Waals surface area (Å²) in [5.41, 5.74) is 0.969. The first-order chi connectivity index (χ1) is 8.33. The van der Waals surface area contributed by atoms with Gasteiger partial charge in [0.05, 0.1) is 0 Å². The standard InChI is InChI=1S/C16H24O2/c1-11-12(6-9-17)16(4)8-5-7-15(2,3)14(16)10-13(11)18/h9,12,14H,1,5-8,10H2,2-4H3/t12-,14?,16+/m0/s1. The van der Waals surface area contributed by atoms with Crippen molar-refractivity contribution in [2.75, 3.05) is 0 Å². The van der Waals surface area contributed by atoms with Crippen molar-refractivity contribution in [1.29, 1.82) is 0 Å². The predicted octanol–water partition coefficient (Wildman–Crippen LogP) is 3.55. The quantitative estimate of drug-likeness (QED) is 0.553. The number of Topliss-reactive ketones (excluding diaryl/α,β-unsaturated/α-hetero) is 1. The van der Waals surface area contributed by atoms with Crippen molar-refractivity contribution in [3.63, 3.8) is 0 Å². The highest BCUT2D eigenvalue weighted by molar-refractivity contribution is 5.97. The molecule has 0 bridgehead atoms. The second-order valence-electron chi connectivity index (χ2n) is 7.01. The van der Waals surface area contributed by atoms with Crippen LogP contribution < -0.4 is 0 Å². The second kappa shape index (κ2) is 4.32. The van der Waals surface area contributed by atoms with E-state index in [9.17, 15) is 9.59 Å². The summed E-state index contributed by atoms with van der Waals surface area (Å²) in [6.07, 6.45) is 5.52. The van der Waals surface area contributed by atoms with Crippen LogP contribution in [-0.4, -0.2) is 12.1 Å². The summed E-state index contributed by atoms with van der Waals surface area (Å²) >= 11 is 0. The first kappa shape index (κ1) is 13.5. The molecule has 0 N–H and O–H groups in total. The molecular formula is C16H24O2. The molecule has 2 nitrogen and oxygen atoms in total. The van der Waals surface area contributed by atoms with Crippen LogP contribution in [0.25, 0.3) is 0 Å². The van der Waals surface area contributed by atoms with Gasteiger partial charge in [0.25, 0.3) is 0 Å². The topological polar surface area (TPSA) is 34.1 Å². The van der Waals surface area contributed by atoms with Gasteiger partial charge in [0.2, 0.25) is 0 Å². The molecule has 0 aromatic carbocycles. The Balaban J connectivity index is 2.43. The van der Waals surface area contributed by atoms with E-state index in [1.54, 1.807) is 0 Å². The van der Waals surface area contributed by atoms with Crippen LogP contribution in [0.2, 0.25) is 0 Å². The zero-order valence-electron chi connectivity index (χ0n) is 11.8. The third kappa shape index (κ3) is 1.86. The minimum Gasteiger partial charge on any atom is -0.303 e. The van der Waals surface area contributed by atoms with E-state index >= 15 is 0 Å². The van der Waals surface area contributed by atoms with Gasteiger partial charge in [0, 0.05) is 12.8 Å². The Labute approximate surface area is 110 Å². The number of aldehydes is 1. The second-order valence-corrected chi connectivity index (χ2v) is 7.01. The number of hydrogen-bond acceptors (Lipinski definition) is 2. The Bertz CT molecular complexity index is 394. The minimum absolute atomic E-state index is 0.0563. The highest BCUT2D eigenvalue weighted by Gasteiger charge is 2.54. The average molecular weight is 248 g/mol. The van der Waals surface area contributed by atoms with Crippen molar-refractivity contribution in [1.82, 2.24) is 0 Å². The SMILES string of the molecule is C=C1C(=O)CC2C(C)(C)CCC[C@]2(C)[C@H]1CC=O. The highest BCUT2D eigenvalue weighted by Crippen LogP contribution is 2.60. The molecule has 2 aliphatic rings. The van der Waals surface area contributed by atoms with Crippen LogP contribution in [0, 0.1) is 22.7 Å². The molecule has 3 atom stereocenters. The van der Waals surface area contributed by atoms with Crippen LogP contribution in [0.5, 0.6) is 0 Å². The fourth-order valence-corrected chi connectivity index (χ4v) is 4.51. The number of fused-ring (bicyclic) bond motifs is 1. The average Bonchev–Trinajstić information content (AvgIpc) is 2.28. The summed E-state index contributed by atoms with van der Waals surface area (Å²) in [4.78, 5) is 23.1. The number of carbonyl (C=O) groups is 2. The van der Waals surface area contributed by atoms with E-state index in [0.717, 1.165) is 12.7 Å². The molecule has 0 heterocycles. The first-order valence-electron chi connectivity index (χ1n) is 6.98. The van der Waals surface area contributed by atoms with Gasteiger partial charge in [-0.1, -0.05) is 33.8 Å². The van der Waals surface area contributed by atoms with Gasteiger partial charge in [-0.2, -0.15) is 0 Å². The molecule has 0 aliphatic heterocycles. The van der Waals surface area contributed by atoms with Crippen LogP contribution in [0.4, 0.5) is 0 Å². The van der Waals surface area contributed by atoms with E-state index in [1.165, 1.54) is 12.8 Å². The van der Waals surface area contributed by atoms with Crippen LogP contribution in [-0.2, 0) is 9.59 Å². The molecule has 0 saturated heterocycles. The van der Waals surface area contributed by atoms with E-state index in [1.807, 2.05) is 0 Å². The van der Waals surface area contributed by atoms with Gasteiger partial charge in [-0.25, -0.2) is 0 Å². The largest absolute Gasteiger partial charge is 0.303 e. The molecule has 18 heavy (non-hydrogen) atoms. The molecule has 2 rings (SSSR count). The maximum atomic E-state index is 12.1. The van der Waals surface area contributed by atoms with Gasteiger partial charge >= 0.3 is 0 Å². The molecule has 2 aliphatic carbocycles. The van der Waals surface area contributed by atoms with Gasteiger partial charge in [0.1, 0.15) is 6.29 Å². The number of rotatable bonds is 2. The van der Waals surface area contributed by atoms with Gasteiger partial charge in [-0.3, -0.25) is 4.79 Å². The monoisotopic (exact) mass is 248 g/mol.